The van der Waals surface area contributed by atoms with E-state index in [2.05, 4.69) is 80.7 Å². The zero-order valence-electron chi connectivity index (χ0n) is 23.3. The molecule has 0 amide bonds. The van der Waals surface area contributed by atoms with Gasteiger partial charge in [-0.15, -0.1) is 0 Å². The van der Waals surface area contributed by atoms with Gasteiger partial charge in [0.1, 0.15) is 17.3 Å². The van der Waals surface area contributed by atoms with Crippen LogP contribution in [0, 0.1) is 6.92 Å². The molecule has 1 aromatic heterocycles. The van der Waals surface area contributed by atoms with Crippen molar-refractivity contribution < 1.29 is 9.47 Å². The highest BCUT2D eigenvalue weighted by molar-refractivity contribution is 5.77. The molecular formula is C32H46N2O2. The van der Waals surface area contributed by atoms with Crippen LogP contribution in [0.25, 0.3) is 5.70 Å². The molecule has 4 heteroatoms. The van der Waals surface area contributed by atoms with E-state index in [-0.39, 0.29) is 6.10 Å². The molecule has 196 valence electrons. The Morgan fingerprint density at radius 3 is 2.50 bits per heavy atom. The van der Waals surface area contributed by atoms with Crippen LogP contribution < -0.4 is 14.8 Å². The van der Waals surface area contributed by atoms with E-state index in [9.17, 15) is 0 Å². The molecule has 36 heavy (non-hydrogen) atoms. The smallest absolute Gasteiger partial charge is 0.133 e. The van der Waals surface area contributed by atoms with E-state index >= 15 is 0 Å². The molecule has 4 nitrogen and oxygen atoms in total. The Kier molecular flexibility index (Phi) is 15.4. The van der Waals surface area contributed by atoms with Gasteiger partial charge < -0.3 is 14.8 Å². The van der Waals surface area contributed by atoms with E-state index in [0.717, 1.165) is 71.8 Å². The Morgan fingerprint density at radius 1 is 1.17 bits per heavy atom. The van der Waals surface area contributed by atoms with Crippen molar-refractivity contribution in [3.8, 4) is 11.5 Å². The zero-order valence-corrected chi connectivity index (χ0v) is 23.3. The molecule has 0 bridgehead atoms. The predicted molar refractivity (Wildman–Crippen MR) is 157 cm³/mol. The number of aryl methyl sites for hydroxylation is 1. The van der Waals surface area contributed by atoms with Crippen molar-refractivity contribution >= 4 is 11.5 Å². The Balaban J connectivity index is 0.00000118. The summed E-state index contributed by atoms with van der Waals surface area (Å²) in [5.74, 6) is 2.43. The number of nitrogens with one attached hydrogen (secondary N) is 1. The monoisotopic (exact) mass is 490 g/mol. The number of ether oxygens (including phenoxy) is 2. The molecule has 0 unspecified atom stereocenters. The molecule has 0 radical (unpaired) electrons. The quantitative estimate of drug-likeness (QED) is 0.163. The largest absolute Gasteiger partial charge is 0.493 e. The topological polar surface area (TPSA) is 43.4 Å². The average molecular weight is 491 g/mol. The molecule has 0 saturated carbocycles. The summed E-state index contributed by atoms with van der Waals surface area (Å²) in [5.41, 5.74) is 4.14. The number of hydrogen-bond acceptors (Lipinski definition) is 4. The Bertz CT molecular complexity index is 989. The minimum absolute atomic E-state index is 0.0769. The SMILES string of the molecule is C/C=C\CC.C=CC(=C)CCCOc1cc(OC(C)C)cc(/C(=C\CCC)Nc2ncccc2C)c1. The molecule has 1 N–H and O–H groups in total. The van der Waals surface area contributed by atoms with E-state index in [1.54, 1.807) is 12.3 Å². The van der Waals surface area contributed by atoms with Crippen molar-refractivity contribution in [2.75, 3.05) is 11.9 Å². The van der Waals surface area contributed by atoms with Crippen molar-refractivity contribution in [2.45, 2.75) is 79.8 Å². The first-order chi connectivity index (χ1) is 17.3. The van der Waals surface area contributed by atoms with Crippen LogP contribution in [0.4, 0.5) is 5.82 Å². The van der Waals surface area contributed by atoms with Gasteiger partial charge >= 0.3 is 0 Å². The summed E-state index contributed by atoms with van der Waals surface area (Å²) in [4.78, 5) is 4.50. The van der Waals surface area contributed by atoms with Crippen LogP contribution in [0.3, 0.4) is 0 Å². The van der Waals surface area contributed by atoms with E-state index in [0.29, 0.717) is 6.61 Å². The van der Waals surface area contributed by atoms with Crippen LogP contribution in [0.5, 0.6) is 11.5 Å². The minimum Gasteiger partial charge on any atom is -0.493 e. The second-order valence-corrected chi connectivity index (χ2v) is 8.85. The van der Waals surface area contributed by atoms with E-state index < -0.39 is 0 Å². The summed E-state index contributed by atoms with van der Waals surface area (Å²) in [7, 11) is 0. The summed E-state index contributed by atoms with van der Waals surface area (Å²) in [6.45, 7) is 20.8. The van der Waals surface area contributed by atoms with Gasteiger partial charge in [0.05, 0.1) is 12.7 Å². The van der Waals surface area contributed by atoms with Crippen LogP contribution in [0.2, 0.25) is 0 Å². The lowest BCUT2D eigenvalue weighted by Crippen LogP contribution is -2.08. The van der Waals surface area contributed by atoms with Gasteiger partial charge in [0, 0.05) is 23.5 Å². The fourth-order valence-corrected chi connectivity index (χ4v) is 3.25. The van der Waals surface area contributed by atoms with Crippen molar-refractivity contribution in [3.63, 3.8) is 0 Å². The molecule has 0 aliphatic rings. The van der Waals surface area contributed by atoms with E-state index in [4.69, 9.17) is 9.47 Å². The number of unbranched alkanes of at least 4 members (excludes halogenated alkanes) is 1. The first-order valence-electron chi connectivity index (χ1n) is 13.1. The predicted octanol–water partition coefficient (Wildman–Crippen LogP) is 9.30. The highest BCUT2D eigenvalue weighted by atomic mass is 16.5. The van der Waals surface area contributed by atoms with Gasteiger partial charge in [-0.25, -0.2) is 4.98 Å². The normalized spacial score (nSPS) is 11.1. The van der Waals surface area contributed by atoms with Gasteiger partial charge in [-0.1, -0.05) is 69.4 Å². The summed E-state index contributed by atoms with van der Waals surface area (Å²) in [6.07, 6.45) is 15.0. The Morgan fingerprint density at radius 2 is 1.92 bits per heavy atom. The number of nitrogens with zero attached hydrogens (tertiary/aromatic N) is 1. The lowest BCUT2D eigenvalue weighted by atomic mass is 10.1. The van der Waals surface area contributed by atoms with E-state index in [1.807, 2.05) is 32.9 Å². The number of aromatic nitrogens is 1. The molecule has 2 aromatic rings. The number of rotatable bonds is 14. The fraction of sp³-hybridized carbons (Fsp3) is 0.406. The lowest BCUT2D eigenvalue weighted by molar-refractivity contribution is 0.239. The van der Waals surface area contributed by atoms with Crippen molar-refractivity contribution in [2.24, 2.45) is 0 Å². The fourth-order valence-electron chi connectivity index (χ4n) is 3.25. The average Bonchev–Trinajstić information content (AvgIpc) is 2.85. The maximum Gasteiger partial charge on any atom is 0.133 e. The third-order valence-electron chi connectivity index (χ3n) is 5.13. The molecule has 0 saturated heterocycles. The third kappa shape index (κ3) is 12.4. The van der Waals surface area contributed by atoms with Gasteiger partial charge in [0.2, 0.25) is 0 Å². The van der Waals surface area contributed by atoms with Crippen LogP contribution >= 0.6 is 0 Å². The van der Waals surface area contributed by atoms with Crippen LogP contribution in [-0.2, 0) is 0 Å². The molecule has 1 aromatic carbocycles. The Hall–Kier alpha value is -3.27. The van der Waals surface area contributed by atoms with Crippen molar-refractivity contribution in [1.29, 1.82) is 0 Å². The second kappa shape index (κ2) is 18.1. The maximum absolute atomic E-state index is 6.07. The summed E-state index contributed by atoms with van der Waals surface area (Å²) < 4.78 is 12.1. The molecule has 0 aliphatic carbocycles. The number of anilines is 1. The van der Waals surface area contributed by atoms with Crippen LogP contribution in [0.15, 0.2) is 79.6 Å². The summed E-state index contributed by atoms with van der Waals surface area (Å²) >= 11 is 0. The molecule has 0 atom stereocenters. The first-order valence-corrected chi connectivity index (χ1v) is 13.1. The van der Waals surface area contributed by atoms with Gasteiger partial charge in [-0.05, 0) is 77.1 Å². The number of hydrogen-bond donors (Lipinski definition) is 1. The maximum atomic E-state index is 6.07. The molecule has 0 aliphatic heterocycles. The number of pyridine rings is 1. The van der Waals surface area contributed by atoms with Crippen LogP contribution in [-0.4, -0.2) is 17.7 Å². The number of allylic oxidation sites excluding steroid dienone is 5. The minimum atomic E-state index is 0.0769. The third-order valence-corrected chi connectivity index (χ3v) is 5.13. The molecule has 1 heterocycles. The molecule has 2 rings (SSSR count). The van der Waals surface area contributed by atoms with Crippen molar-refractivity contribution in [3.05, 3.63) is 90.7 Å². The van der Waals surface area contributed by atoms with Crippen LogP contribution in [0.1, 0.15) is 77.8 Å². The van der Waals surface area contributed by atoms with E-state index in [1.165, 1.54) is 0 Å². The van der Waals surface area contributed by atoms with Crippen molar-refractivity contribution in [1.82, 2.24) is 4.98 Å². The summed E-state index contributed by atoms with van der Waals surface area (Å²) in [5, 5.41) is 3.51. The van der Waals surface area contributed by atoms with Gasteiger partial charge in [-0.3, -0.25) is 0 Å². The Labute approximate surface area is 219 Å². The van der Waals surface area contributed by atoms with Gasteiger partial charge in [-0.2, -0.15) is 0 Å². The van der Waals surface area contributed by atoms with Gasteiger partial charge in [0.25, 0.3) is 0 Å². The zero-order chi connectivity index (χ0) is 26.8. The summed E-state index contributed by atoms with van der Waals surface area (Å²) in [6, 6.07) is 10.1. The highest BCUT2D eigenvalue weighted by Crippen LogP contribution is 2.30. The number of benzene rings is 1. The molecular weight excluding hydrogens is 444 g/mol. The standard InChI is InChI=1S/C27H36N2O2.C5H10/c1-7-9-14-26(29-27-22(6)13-10-15-28-27)23-17-24(19-25(18-23)31-20(3)4)30-16-11-12-21(5)8-2;1-3-5-4-2/h8,10,13-15,17-20H,2,5,7,9,11-12,16H2,1,3-4,6H3,(H,28,29);3,5H,4H2,1-2H3/b26-14+;5-3-. The second-order valence-electron chi connectivity index (χ2n) is 8.85. The highest BCUT2D eigenvalue weighted by Gasteiger charge is 2.11. The van der Waals surface area contributed by atoms with Gasteiger partial charge in [0.15, 0.2) is 0 Å². The first kappa shape index (κ1) is 30.8. The molecule has 0 spiro atoms. The lowest BCUT2D eigenvalue weighted by Gasteiger charge is -2.17. The molecule has 0 fully saturated rings.